The number of rotatable bonds is 8. The van der Waals surface area contributed by atoms with Crippen LogP contribution in [-0.4, -0.2) is 50.8 Å². The predicted octanol–water partition coefficient (Wildman–Crippen LogP) is 0.519. The van der Waals surface area contributed by atoms with E-state index in [0.717, 1.165) is 0 Å². The van der Waals surface area contributed by atoms with Crippen LogP contribution in [-0.2, 0) is 14.3 Å². The van der Waals surface area contributed by atoms with Gasteiger partial charge in [-0.25, -0.2) is 0 Å². The lowest BCUT2D eigenvalue weighted by atomic mass is 10.1. The summed E-state index contributed by atoms with van der Waals surface area (Å²) in [6, 6.07) is 6.67. The number of piperazine rings is 1. The fourth-order valence-electron chi connectivity index (χ4n) is 2.24. The second kappa shape index (κ2) is 9.12. The number of carbonyl (C=O) groups excluding carboxylic acids is 2. The summed E-state index contributed by atoms with van der Waals surface area (Å²) in [5, 5.41) is 8.54. The van der Waals surface area contributed by atoms with Gasteiger partial charge in [0.25, 0.3) is 0 Å². The van der Waals surface area contributed by atoms with E-state index in [4.69, 9.17) is 9.47 Å². The maximum absolute atomic E-state index is 12.0. The van der Waals surface area contributed by atoms with Crippen LogP contribution in [0.1, 0.15) is 13.3 Å². The fraction of sp³-hybridized carbons (Fsp3) is 0.500. The first-order chi connectivity index (χ1) is 11.2. The first-order valence-corrected chi connectivity index (χ1v) is 7.80. The largest absolute Gasteiger partial charge is 0.491 e. The van der Waals surface area contributed by atoms with Gasteiger partial charge in [0.2, 0.25) is 11.8 Å². The molecule has 1 aromatic rings. The topological polar surface area (TPSA) is 88.7 Å². The lowest BCUT2D eigenvalue weighted by molar-refractivity contribution is -0.127. The van der Waals surface area contributed by atoms with Gasteiger partial charge < -0.3 is 25.4 Å². The zero-order valence-corrected chi connectivity index (χ0v) is 13.3. The summed E-state index contributed by atoms with van der Waals surface area (Å²) < 4.78 is 10.7. The first-order valence-electron chi connectivity index (χ1n) is 7.80. The van der Waals surface area contributed by atoms with E-state index in [1.807, 2.05) is 13.0 Å². The molecule has 1 heterocycles. The SMILES string of the molecule is CCOCCOc1cccc(NC(=O)CC2NCCNC2=O)c1. The average molecular weight is 321 g/mol. The van der Waals surface area contributed by atoms with E-state index >= 15 is 0 Å². The number of hydrogen-bond acceptors (Lipinski definition) is 5. The van der Waals surface area contributed by atoms with E-state index < -0.39 is 6.04 Å². The van der Waals surface area contributed by atoms with Crippen molar-refractivity contribution in [1.29, 1.82) is 0 Å². The molecule has 1 saturated heterocycles. The summed E-state index contributed by atoms with van der Waals surface area (Å²) in [6.45, 7) is 4.83. The highest BCUT2D eigenvalue weighted by molar-refractivity contribution is 5.95. The highest BCUT2D eigenvalue weighted by Crippen LogP contribution is 2.17. The second-order valence-corrected chi connectivity index (χ2v) is 5.12. The molecule has 0 aliphatic carbocycles. The molecule has 23 heavy (non-hydrogen) atoms. The maximum Gasteiger partial charge on any atom is 0.237 e. The van der Waals surface area contributed by atoms with Crippen LogP contribution in [0.2, 0.25) is 0 Å². The van der Waals surface area contributed by atoms with E-state index in [1.54, 1.807) is 18.2 Å². The Morgan fingerprint density at radius 3 is 3.00 bits per heavy atom. The molecular formula is C16H23N3O4. The predicted molar refractivity (Wildman–Crippen MR) is 86.5 cm³/mol. The molecule has 1 aromatic carbocycles. The van der Waals surface area contributed by atoms with Gasteiger partial charge in [-0.05, 0) is 19.1 Å². The van der Waals surface area contributed by atoms with Crippen LogP contribution in [0.25, 0.3) is 0 Å². The lowest BCUT2D eigenvalue weighted by Gasteiger charge is -2.22. The Hall–Kier alpha value is -2.12. The molecule has 0 bridgehead atoms. The number of hydrogen-bond donors (Lipinski definition) is 3. The van der Waals surface area contributed by atoms with Crippen molar-refractivity contribution < 1.29 is 19.1 Å². The number of nitrogens with one attached hydrogen (secondary N) is 3. The maximum atomic E-state index is 12.0. The molecule has 1 atom stereocenters. The van der Waals surface area contributed by atoms with Crippen molar-refractivity contribution in [3.8, 4) is 5.75 Å². The Morgan fingerprint density at radius 1 is 1.35 bits per heavy atom. The Bertz CT molecular complexity index is 536. The third kappa shape index (κ3) is 5.88. The van der Waals surface area contributed by atoms with Gasteiger partial charge >= 0.3 is 0 Å². The molecule has 2 amide bonds. The number of anilines is 1. The van der Waals surface area contributed by atoms with Crippen LogP contribution in [0.5, 0.6) is 5.75 Å². The van der Waals surface area contributed by atoms with Crippen LogP contribution < -0.4 is 20.7 Å². The Kier molecular flexibility index (Phi) is 6.83. The molecule has 7 nitrogen and oxygen atoms in total. The molecule has 1 aliphatic heterocycles. The molecule has 1 fully saturated rings. The Labute approximate surface area is 135 Å². The van der Waals surface area contributed by atoms with Gasteiger partial charge in [0, 0.05) is 31.5 Å². The van der Waals surface area contributed by atoms with Gasteiger partial charge in [-0.2, -0.15) is 0 Å². The first kappa shape index (κ1) is 17.2. The van der Waals surface area contributed by atoms with E-state index in [-0.39, 0.29) is 18.2 Å². The van der Waals surface area contributed by atoms with Gasteiger partial charge in [0.15, 0.2) is 0 Å². The standard InChI is InChI=1S/C16H23N3O4/c1-2-22-8-9-23-13-5-3-4-12(10-13)19-15(20)11-14-16(21)18-7-6-17-14/h3-5,10,14,17H,2,6-9,11H2,1H3,(H,18,21)(H,19,20). The molecule has 3 N–H and O–H groups in total. The van der Waals surface area contributed by atoms with Crippen LogP contribution in [0.4, 0.5) is 5.69 Å². The molecule has 7 heteroatoms. The van der Waals surface area contributed by atoms with Gasteiger partial charge in [-0.15, -0.1) is 0 Å². The quantitative estimate of drug-likeness (QED) is 0.608. The third-order valence-corrected chi connectivity index (χ3v) is 3.34. The highest BCUT2D eigenvalue weighted by Gasteiger charge is 2.23. The molecule has 0 radical (unpaired) electrons. The van der Waals surface area contributed by atoms with Crippen LogP contribution >= 0.6 is 0 Å². The molecule has 126 valence electrons. The summed E-state index contributed by atoms with van der Waals surface area (Å²) in [5.41, 5.74) is 0.639. The van der Waals surface area contributed by atoms with Crippen molar-refractivity contribution in [2.24, 2.45) is 0 Å². The van der Waals surface area contributed by atoms with Crippen molar-refractivity contribution in [3.63, 3.8) is 0 Å². The van der Waals surface area contributed by atoms with E-state index in [9.17, 15) is 9.59 Å². The highest BCUT2D eigenvalue weighted by atomic mass is 16.5. The smallest absolute Gasteiger partial charge is 0.237 e. The summed E-state index contributed by atoms with van der Waals surface area (Å²) in [5.74, 6) is 0.307. The van der Waals surface area contributed by atoms with Crippen molar-refractivity contribution in [3.05, 3.63) is 24.3 Å². The van der Waals surface area contributed by atoms with E-state index in [2.05, 4.69) is 16.0 Å². The summed E-state index contributed by atoms with van der Waals surface area (Å²) in [6.07, 6.45) is 0.0985. The third-order valence-electron chi connectivity index (χ3n) is 3.34. The summed E-state index contributed by atoms with van der Waals surface area (Å²) >= 11 is 0. The van der Waals surface area contributed by atoms with Crippen molar-refractivity contribution in [1.82, 2.24) is 10.6 Å². The van der Waals surface area contributed by atoms with Crippen molar-refractivity contribution in [2.75, 3.05) is 38.2 Å². The molecule has 1 unspecified atom stereocenters. The Morgan fingerprint density at radius 2 is 2.22 bits per heavy atom. The number of benzene rings is 1. The van der Waals surface area contributed by atoms with Crippen molar-refractivity contribution in [2.45, 2.75) is 19.4 Å². The minimum atomic E-state index is -0.477. The summed E-state index contributed by atoms with van der Waals surface area (Å²) in [4.78, 5) is 23.7. The van der Waals surface area contributed by atoms with Gasteiger partial charge in [-0.1, -0.05) is 6.07 Å². The van der Waals surface area contributed by atoms with Crippen LogP contribution in [0.3, 0.4) is 0 Å². The van der Waals surface area contributed by atoms with E-state index in [0.29, 0.717) is 44.3 Å². The molecule has 2 rings (SSSR count). The number of ether oxygens (including phenoxy) is 2. The average Bonchev–Trinajstić information content (AvgIpc) is 2.54. The second-order valence-electron chi connectivity index (χ2n) is 5.12. The van der Waals surface area contributed by atoms with Gasteiger partial charge in [-0.3, -0.25) is 9.59 Å². The Balaban J connectivity index is 1.82. The van der Waals surface area contributed by atoms with E-state index in [1.165, 1.54) is 0 Å². The number of carbonyl (C=O) groups is 2. The number of amides is 2. The molecule has 0 spiro atoms. The fourth-order valence-corrected chi connectivity index (χ4v) is 2.24. The molecule has 1 aliphatic rings. The molecular weight excluding hydrogens is 298 g/mol. The minimum Gasteiger partial charge on any atom is -0.491 e. The van der Waals surface area contributed by atoms with Crippen molar-refractivity contribution >= 4 is 17.5 Å². The minimum absolute atomic E-state index is 0.0985. The van der Waals surface area contributed by atoms with Crippen LogP contribution in [0, 0.1) is 0 Å². The summed E-state index contributed by atoms with van der Waals surface area (Å²) in [7, 11) is 0. The van der Waals surface area contributed by atoms with Gasteiger partial charge in [0.05, 0.1) is 19.1 Å². The molecule has 0 aromatic heterocycles. The monoisotopic (exact) mass is 321 g/mol. The zero-order valence-electron chi connectivity index (χ0n) is 13.3. The van der Waals surface area contributed by atoms with Crippen LogP contribution in [0.15, 0.2) is 24.3 Å². The normalized spacial score (nSPS) is 17.4. The lowest BCUT2D eigenvalue weighted by Crippen LogP contribution is -2.53. The van der Waals surface area contributed by atoms with Gasteiger partial charge in [0.1, 0.15) is 12.4 Å². The zero-order chi connectivity index (χ0) is 16.5. The molecule has 0 saturated carbocycles.